The molecule has 1 aromatic carbocycles. The number of benzene rings is 1. The van der Waals surface area contributed by atoms with Crippen molar-refractivity contribution < 1.29 is 18.7 Å². The van der Waals surface area contributed by atoms with Crippen molar-refractivity contribution in [2.45, 2.75) is 25.8 Å². The molecule has 0 spiro atoms. The second-order valence-electron chi connectivity index (χ2n) is 7.58. The number of nitrogens with zero attached hydrogens (tertiary/aromatic N) is 3. The van der Waals surface area contributed by atoms with E-state index < -0.39 is 6.04 Å². The average molecular weight is 421 g/mol. The predicted octanol–water partition coefficient (Wildman–Crippen LogP) is 3.78. The maximum atomic E-state index is 13.7. The fourth-order valence-electron chi connectivity index (χ4n) is 4.07. The van der Waals surface area contributed by atoms with Crippen LogP contribution in [-0.4, -0.2) is 48.1 Å². The normalized spacial score (nSPS) is 14.8. The van der Waals surface area contributed by atoms with Gasteiger partial charge in [0.05, 0.1) is 23.3 Å². The molecule has 0 fully saturated rings. The molecule has 7 heteroatoms. The molecule has 2 amide bonds. The third-order valence-electron chi connectivity index (χ3n) is 5.53. The number of para-hydroxylation sites is 2. The van der Waals surface area contributed by atoms with Crippen LogP contribution in [0.2, 0.25) is 0 Å². The number of amides is 2. The molecule has 0 bridgehead atoms. The van der Waals surface area contributed by atoms with Gasteiger partial charge in [-0.25, -0.2) is 0 Å². The third kappa shape index (κ3) is 4.01. The number of carbonyl (C=O) groups excluding carboxylic acids is 2. The zero-order chi connectivity index (χ0) is 21.8. The van der Waals surface area contributed by atoms with Crippen molar-refractivity contribution in [3.8, 4) is 5.69 Å². The Balaban J connectivity index is 1.73. The number of hydrogen-bond acceptors (Lipinski definition) is 4. The van der Waals surface area contributed by atoms with Gasteiger partial charge in [0, 0.05) is 19.9 Å². The fourth-order valence-corrected chi connectivity index (χ4v) is 4.07. The van der Waals surface area contributed by atoms with E-state index in [0.717, 1.165) is 29.9 Å². The van der Waals surface area contributed by atoms with Gasteiger partial charge in [0.1, 0.15) is 25.0 Å². The van der Waals surface area contributed by atoms with Gasteiger partial charge < -0.3 is 18.6 Å². The molecule has 1 atom stereocenters. The summed E-state index contributed by atoms with van der Waals surface area (Å²) in [7, 11) is 1.49. The molecule has 4 rings (SSSR count). The molecule has 1 aliphatic heterocycles. The number of rotatable bonds is 8. The summed E-state index contributed by atoms with van der Waals surface area (Å²) >= 11 is 0. The maximum Gasteiger partial charge on any atom is 0.249 e. The van der Waals surface area contributed by atoms with Gasteiger partial charge in [-0.3, -0.25) is 14.5 Å². The predicted molar refractivity (Wildman–Crippen MR) is 117 cm³/mol. The van der Waals surface area contributed by atoms with Gasteiger partial charge in [0.2, 0.25) is 11.8 Å². The first-order chi connectivity index (χ1) is 15.2. The molecule has 31 heavy (non-hydrogen) atoms. The second kappa shape index (κ2) is 9.22. The summed E-state index contributed by atoms with van der Waals surface area (Å²) in [6.07, 6.45) is 5.35. The minimum atomic E-state index is -0.419. The smallest absolute Gasteiger partial charge is 0.249 e. The number of methoxy groups -OCH3 is 1. The lowest BCUT2D eigenvalue weighted by Gasteiger charge is -2.38. The molecule has 1 aliphatic rings. The number of aromatic nitrogens is 1. The Bertz CT molecular complexity index is 1040. The van der Waals surface area contributed by atoms with Crippen LogP contribution in [0, 0.1) is 0 Å². The SMILES string of the molecule is CCCCN(CC(=O)N1c2ccccc2-n2cccc2C1c1ccco1)C(=O)COC. The molecule has 0 aliphatic carbocycles. The summed E-state index contributed by atoms with van der Waals surface area (Å²) in [5, 5.41) is 0. The lowest BCUT2D eigenvalue weighted by molar-refractivity contribution is -0.138. The van der Waals surface area contributed by atoms with Gasteiger partial charge in [0.25, 0.3) is 0 Å². The number of unbranched alkanes of at least 4 members (excludes halogenated alkanes) is 1. The number of anilines is 1. The molecular weight excluding hydrogens is 394 g/mol. The number of furan rings is 1. The zero-order valence-electron chi connectivity index (χ0n) is 17.9. The summed E-state index contributed by atoms with van der Waals surface area (Å²) in [6.45, 7) is 2.51. The number of carbonyl (C=O) groups is 2. The largest absolute Gasteiger partial charge is 0.467 e. The highest BCUT2D eigenvalue weighted by atomic mass is 16.5. The van der Waals surface area contributed by atoms with Crippen LogP contribution in [0.25, 0.3) is 5.69 Å². The van der Waals surface area contributed by atoms with E-state index in [4.69, 9.17) is 9.15 Å². The van der Waals surface area contributed by atoms with Crippen molar-refractivity contribution in [1.29, 1.82) is 0 Å². The molecule has 0 radical (unpaired) electrons. The molecule has 3 aromatic rings. The van der Waals surface area contributed by atoms with Gasteiger partial charge >= 0.3 is 0 Å². The van der Waals surface area contributed by atoms with Crippen molar-refractivity contribution in [3.63, 3.8) is 0 Å². The van der Waals surface area contributed by atoms with Crippen molar-refractivity contribution in [1.82, 2.24) is 9.47 Å². The quantitative estimate of drug-likeness (QED) is 0.555. The van der Waals surface area contributed by atoms with Gasteiger partial charge in [-0.05, 0) is 42.8 Å². The highest BCUT2D eigenvalue weighted by Crippen LogP contribution is 2.42. The molecule has 0 saturated carbocycles. The average Bonchev–Trinajstić information content (AvgIpc) is 3.48. The highest BCUT2D eigenvalue weighted by Gasteiger charge is 2.38. The van der Waals surface area contributed by atoms with Crippen LogP contribution in [0.1, 0.15) is 37.3 Å². The number of ether oxygens (including phenoxy) is 1. The summed E-state index contributed by atoms with van der Waals surface area (Å²) in [5.74, 6) is 0.320. The molecule has 0 saturated heterocycles. The number of fused-ring (bicyclic) bond motifs is 3. The second-order valence-corrected chi connectivity index (χ2v) is 7.58. The van der Waals surface area contributed by atoms with Crippen LogP contribution < -0.4 is 4.90 Å². The first kappa shape index (κ1) is 20.9. The monoisotopic (exact) mass is 421 g/mol. The first-order valence-corrected chi connectivity index (χ1v) is 10.5. The van der Waals surface area contributed by atoms with Crippen molar-refractivity contribution in [2.24, 2.45) is 0 Å². The van der Waals surface area contributed by atoms with Crippen molar-refractivity contribution in [3.05, 3.63) is 72.4 Å². The summed E-state index contributed by atoms with van der Waals surface area (Å²) < 4.78 is 12.9. The van der Waals surface area contributed by atoms with Crippen molar-refractivity contribution >= 4 is 17.5 Å². The molecular formula is C24H27N3O4. The molecule has 1 unspecified atom stereocenters. The molecule has 0 N–H and O–H groups in total. The Hall–Kier alpha value is -3.32. The third-order valence-corrected chi connectivity index (χ3v) is 5.53. The van der Waals surface area contributed by atoms with Gasteiger partial charge in [0.15, 0.2) is 0 Å². The van der Waals surface area contributed by atoms with Crippen molar-refractivity contribution in [2.75, 3.05) is 31.7 Å². The van der Waals surface area contributed by atoms with E-state index in [2.05, 4.69) is 11.5 Å². The van der Waals surface area contributed by atoms with Gasteiger partial charge in [-0.1, -0.05) is 25.5 Å². The topological polar surface area (TPSA) is 67.9 Å². The minimum absolute atomic E-state index is 0.0194. The van der Waals surface area contributed by atoms with Crippen LogP contribution in [0.5, 0.6) is 0 Å². The van der Waals surface area contributed by atoms with E-state index in [-0.39, 0.29) is 25.0 Å². The first-order valence-electron chi connectivity index (χ1n) is 10.5. The van der Waals surface area contributed by atoms with Crippen LogP contribution >= 0.6 is 0 Å². The van der Waals surface area contributed by atoms with E-state index in [1.165, 1.54) is 7.11 Å². The number of hydrogen-bond donors (Lipinski definition) is 0. The Morgan fingerprint density at radius 2 is 1.90 bits per heavy atom. The standard InChI is InChI=1S/C24H27N3O4/c1-3-4-13-25(23(29)17-30-2)16-22(28)27-19-10-6-5-9-18(19)26-14-7-11-20(26)24(27)21-12-8-15-31-21/h5-12,14-15,24H,3-4,13,16-17H2,1-2H3. The lowest BCUT2D eigenvalue weighted by Crippen LogP contribution is -2.47. The van der Waals surface area contributed by atoms with E-state index in [0.29, 0.717) is 12.3 Å². The minimum Gasteiger partial charge on any atom is -0.467 e. The van der Waals surface area contributed by atoms with Gasteiger partial charge in [-0.2, -0.15) is 0 Å². The van der Waals surface area contributed by atoms with Crippen LogP contribution in [0.15, 0.2) is 65.4 Å². The Kier molecular flexibility index (Phi) is 6.23. The van der Waals surface area contributed by atoms with E-state index in [1.54, 1.807) is 16.1 Å². The Morgan fingerprint density at radius 1 is 1.10 bits per heavy atom. The van der Waals surface area contributed by atoms with Crippen LogP contribution in [0.3, 0.4) is 0 Å². The maximum absolute atomic E-state index is 13.7. The Labute approximate surface area is 181 Å². The fraction of sp³-hybridized carbons (Fsp3) is 0.333. The van der Waals surface area contributed by atoms with Crippen LogP contribution in [-0.2, 0) is 14.3 Å². The van der Waals surface area contributed by atoms with E-state index in [1.807, 2.05) is 54.7 Å². The molecule has 2 aromatic heterocycles. The molecule has 3 heterocycles. The summed E-state index contributed by atoms with van der Waals surface area (Å²) in [4.78, 5) is 29.6. The summed E-state index contributed by atoms with van der Waals surface area (Å²) in [5.41, 5.74) is 2.64. The van der Waals surface area contributed by atoms with E-state index >= 15 is 0 Å². The lowest BCUT2D eigenvalue weighted by atomic mass is 10.0. The Morgan fingerprint density at radius 3 is 2.61 bits per heavy atom. The van der Waals surface area contributed by atoms with Gasteiger partial charge in [-0.15, -0.1) is 0 Å². The highest BCUT2D eigenvalue weighted by molar-refractivity contribution is 6.00. The molecule has 162 valence electrons. The van der Waals surface area contributed by atoms with E-state index in [9.17, 15) is 9.59 Å². The zero-order valence-corrected chi connectivity index (χ0v) is 17.9. The summed E-state index contributed by atoms with van der Waals surface area (Å²) in [6, 6.07) is 15.0. The molecule has 7 nitrogen and oxygen atoms in total. The van der Waals surface area contributed by atoms with Crippen LogP contribution in [0.4, 0.5) is 5.69 Å².